The quantitative estimate of drug-likeness (QED) is 0.864. The van der Waals surface area contributed by atoms with Crippen molar-refractivity contribution >= 4 is 17.2 Å². The van der Waals surface area contributed by atoms with E-state index in [4.69, 9.17) is 10.00 Å². The van der Waals surface area contributed by atoms with Crippen molar-refractivity contribution in [3.8, 4) is 11.9 Å². The van der Waals surface area contributed by atoms with Crippen LogP contribution in [0, 0.1) is 18.3 Å². The Morgan fingerprint density at radius 3 is 3.04 bits per heavy atom. The Bertz CT molecular complexity index is 753. The summed E-state index contributed by atoms with van der Waals surface area (Å²) in [4.78, 5) is 23.1. The lowest BCUT2D eigenvalue weighted by atomic mass is 10.1. The van der Waals surface area contributed by atoms with Gasteiger partial charge in [-0.3, -0.25) is 4.79 Å². The van der Waals surface area contributed by atoms with Gasteiger partial charge in [0.25, 0.3) is 11.8 Å². The number of carbonyl (C=O) groups excluding carboxylic acids is 1. The summed E-state index contributed by atoms with van der Waals surface area (Å²) in [6.07, 6.45) is 4.48. The second-order valence-corrected chi connectivity index (χ2v) is 6.35. The third-order valence-corrected chi connectivity index (χ3v) is 4.69. The highest BCUT2D eigenvalue weighted by Crippen LogP contribution is 2.22. The molecule has 1 saturated heterocycles. The minimum absolute atomic E-state index is 0.0380. The molecule has 23 heavy (non-hydrogen) atoms. The zero-order valence-electron chi connectivity index (χ0n) is 12.7. The first kappa shape index (κ1) is 15.4. The van der Waals surface area contributed by atoms with E-state index in [2.05, 4.69) is 9.97 Å². The molecule has 1 fully saturated rings. The number of amides is 1. The van der Waals surface area contributed by atoms with Gasteiger partial charge in [0.1, 0.15) is 12.2 Å². The number of rotatable bonds is 3. The van der Waals surface area contributed by atoms with Crippen LogP contribution in [0.1, 0.15) is 33.8 Å². The number of hydrogen-bond acceptors (Lipinski definition) is 6. The minimum Gasteiger partial charge on any atom is -0.470 e. The molecule has 0 aliphatic carbocycles. The highest BCUT2D eigenvalue weighted by molar-refractivity contribution is 7.12. The van der Waals surface area contributed by atoms with Crippen LogP contribution in [0.25, 0.3) is 0 Å². The average molecular weight is 328 g/mol. The van der Waals surface area contributed by atoms with Gasteiger partial charge in [-0.25, -0.2) is 9.97 Å². The van der Waals surface area contributed by atoms with Gasteiger partial charge in [0.15, 0.2) is 0 Å². The number of aromatic nitrogens is 2. The Labute approximate surface area is 138 Å². The molecule has 1 aliphatic heterocycles. The van der Waals surface area contributed by atoms with Crippen molar-refractivity contribution in [1.29, 1.82) is 5.26 Å². The van der Waals surface area contributed by atoms with E-state index in [1.807, 2.05) is 29.3 Å². The highest BCUT2D eigenvalue weighted by Gasteiger charge is 2.27. The van der Waals surface area contributed by atoms with Crippen molar-refractivity contribution in [2.45, 2.75) is 25.9 Å². The van der Waals surface area contributed by atoms with E-state index in [-0.39, 0.29) is 23.6 Å². The molecule has 0 N–H and O–H groups in total. The lowest BCUT2D eigenvalue weighted by molar-refractivity contribution is 0.0530. The fraction of sp³-hybridized carbons (Fsp3) is 0.375. The molecule has 1 atom stereocenters. The summed E-state index contributed by atoms with van der Waals surface area (Å²) in [5, 5.41) is 11.0. The number of nitriles is 1. The molecule has 6 nitrogen and oxygen atoms in total. The van der Waals surface area contributed by atoms with E-state index in [1.54, 1.807) is 0 Å². The molecular weight excluding hydrogens is 312 g/mol. The fourth-order valence-electron chi connectivity index (χ4n) is 2.56. The van der Waals surface area contributed by atoms with Crippen molar-refractivity contribution < 1.29 is 9.53 Å². The maximum Gasteiger partial charge on any atom is 0.264 e. The molecule has 0 unspecified atom stereocenters. The van der Waals surface area contributed by atoms with Crippen molar-refractivity contribution in [2.24, 2.45) is 0 Å². The van der Waals surface area contributed by atoms with Gasteiger partial charge in [-0.1, -0.05) is 0 Å². The molecule has 7 heteroatoms. The summed E-state index contributed by atoms with van der Waals surface area (Å²) in [6, 6.07) is 3.88. The molecule has 0 aromatic carbocycles. The van der Waals surface area contributed by atoms with Crippen LogP contribution < -0.4 is 4.74 Å². The van der Waals surface area contributed by atoms with E-state index in [1.165, 1.54) is 23.7 Å². The lowest BCUT2D eigenvalue weighted by Gasteiger charge is -2.32. The number of piperidine rings is 1. The van der Waals surface area contributed by atoms with Crippen LogP contribution in [0.15, 0.2) is 23.8 Å². The Morgan fingerprint density at radius 2 is 2.30 bits per heavy atom. The van der Waals surface area contributed by atoms with Crippen LogP contribution in [-0.4, -0.2) is 40.0 Å². The van der Waals surface area contributed by atoms with Crippen LogP contribution >= 0.6 is 11.3 Å². The Kier molecular flexibility index (Phi) is 4.53. The van der Waals surface area contributed by atoms with Crippen molar-refractivity contribution in [1.82, 2.24) is 14.9 Å². The minimum atomic E-state index is -0.169. The number of ether oxygens (including phenoxy) is 1. The van der Waals surface area contributed by atoms with E-state index in [0.29, 0.717) is 6.54 Å². The molecule has 2 aromatic heterocycles. The van der Waals surface area contributed by atoms with E-state index in [9.17, 15) is 4.79 Å². The number of likely N-dealkylation sites (tertiary alicyclic amines) is 1. The first-order valence-corrected chi connectivity index (χ1v) is 8.27. The van der Waals surface area contributed by atoms with Crippen LogP contribution in [0.3, 0.4) is 0 Å². The Morgan fingerprint density at radius 1 is 1.48 bits per heavy atom. The summed E-state index contributed by atoms with van der Waals surface area (Å²) in [5.41, 5.74) is 1.27. The molecule has 1 amide bonds. The van der Waals surface area contributed by atoms with Crippen LogP contribution in [0.2, 0.25) is 0 Å². The van der Waals surface area contributed by atoms with E-state index in [0.717, 1.165) is 29.8 Å². The predicted octanol–water partition coefficient (Wildman–Crippen LogP) is 2.40. The fourth-order valence-corrected chi connectivity index (χ4v) is 3.43. The van der Waals surface area contributed by atoms with Gasteiger partial charge in [0, 0.05) is 18.9 Å². The Hall–Kier alpha value is -2.46. The van der Waals surface area contributed by atoms with Crippen molar-refractivity contribution in [2.75, 3.05) is 13.1 Å². The monoisotopic (exact) mass is 328 g/mol. The molecule has 0 radical (unpaired) electrons. The smallest absolute Gasteiger partial charge is 0.264 e. The second kappa shape index (κ2) is 6.75. The van der Waals surface area contributed by atoms with Gasteiger partial charge >= 0.3 is 0 Å². The summed E-state index contributed by atoms with van der Waals surface area (Å²) in [5.74, 6) is 0.275. The maximum absolute atomic E-state index is 12.5. The SMILES string of the molecule is Cc1csc(C(=O)N2CCC[C@@H](Oc3nccnc3C#N)C2)c1. The van der Waals surface area contributed by atoms with Gasteiger partial charge in [0.2, 0.25) is 5.69 Å². The number of thiophene rings is 1. The molecule has 3 rings (SSSR count). The van der Waals surface area contributed by atoms with E-state index < -0.39 is 0 Å². The first-order chi connectivity index (χ1) is 11.2. The summed E-state index contributed by atoms with van der Waals surface area (Å²) in [6.45, 7) is 3.20. The van der Waals surface area contributed by atoms with Gasteiger partial charge < -0.3 is 9.64 Å². The average Bonchev–Trinajstić information content (AvgIpc) is 3.01. The third-order valence-electron chi connectivity index (χ3n) is 3.66. The molecule has 3 heterocycles. The molecule has 1 aliphatic rings. The zero-order valence-corrected chi connectivity index (χ0v) is 13.5. The third kappa shape index (κ3) is 3.48. The number of hydrogen-bond donors (Lipinski definition) is 0. The second-order valence-electron chi connectivity index (χ2n) is 5.44. The van der Waals surface area contributed by atoms with Crippen LogP contribution in [-0.2, 0) is 0 Å². The Balaban J connectivity index is 1.69. The number of nitrogens with zero attached hydrogens (tertiary/aromatic N) is 4. The van der Waals surface area contributed by atoms with Crippen molar-refractivity contribution in [3.63, 3.8) is 0 Å². The van der Waals surface area contributed by atoms with Gasteiger partial charge in [-0.05, 0) is 36.8 Å². The van der Waals surface area contributed by atoms with Crippen LogP contribution in [0.4, 0.5) is 0 Å². The predicted molar refractivity (Wildman–Crippen MR) is 85.4 cm³/mol. The maximum atomic E-state index is 12.5. The number of aryl methyl sites for hydroxylation is 1. The molecule has 0 bridgehead atoms. The zero-order chi connectivity index (χ0) is 16.2. The first-order valence-electron chi connectivity index (χ1n) is 7.39. The molecule has 0 saturated carbocycles. The topological polar surface area (TPSA) is 79.1 Å². The molecule has 118 valence electrons. The largest absolute Gasteiger partial charge is 0.470 e. The summed E-state index contributed by atoms with van der Waals surface area (Å²) < 4.78 is 5.81. The molecule has 0 spiro atoms. The number of carbonyl (C=O) groups is 1. The summed E-state index contributed by atoms with van der Waals surface area (Å²) in [7, 11) is 0. The normalized spacial score (nSPS) is 17.6. The van der Waals surface area contributed by atoms with Crippen molar-refractivity contribution in [3.05, 3.63) is 40.0 Å². The van der Waals surface area contributed by atoms with E-state index >= 15 is 0 Å². The molecule has 2 aromatic rings. The standard InChI is InChI=1S/C16H16N4O2S/c1-11-7-14(23-10-11)16(21)20-6-2-3-12(9-20)22-15-13(8-17)18-4-5-19-15/h4-5,7,10,12H,2-3,6,9H2,1H3/t12-/m1/s1. The molecular formula is C16H16N4O2S. The van der Waals surface area contributed by atoms with Gasteiger partial charge in [-0.2, -0.15) is 5.26 Å². The summed E-state index contributed by atoms with van der Waals surface area (Å²) >= 11 is 1.47. The lowest BCUT2D eigenvalue weighted by Crippen LogP contribution is -2.44. The highest BCUT2D eigenvalue weighted by atomic mass is 32.1. The van der Waals surface area contributed by atoms with Gasteiger partial charge in [-0.15, -0.1) is 11.3 Å². The van der Waals surface area contributed by atoms with Gasteiger partial charge in [0.05, 0.1) is 11.4 Å². The van der Waals surface area contributed by atoms with Crippen LogP contribution in [0.5, 0.6) is 5.88 Å².